The molecular formula is C9H15NO2. The predicted molar refractivity (Wildman–Crippen MR) is 44.3 cm³/mol. The zero-order chi connectivity index (χ0) is 8.81. The van der Waals surface area contributed by atoms with Crippen molar-refractivity contribution in [3.63, 3.8) is 0 Å². The molecule has 0 amide bonds. The molecule has 1 saturated heterocycles. The molecule has 1 aliphatic heterocycles. The van der Waals surface area contributed by atoms with Crippen LogP contribution in [0.4, 0.5) is 0 Å². The van der Waals surface area contributed by atoms with E-state index in [0.717, 1.165) is 12.8 Å². The topological polar surface area (TPSA) is 42.2 Å². The fraction of sp³-hybridized carbons (Fsp3) is 0.889. The van der Waals surface area contributed by atoms with Crippen LogP contribution >= 0.6 is 0 Å². The lowest BCUT2D eigenvalue weighted by atomic mass is 10.0. The van der Waals surface area contributed by atoms with Crippen LogP contribution in [0.2, 0.25) is 0 Å². The van der Waals surface area contributed by atoms with Gasteiger partial charge in [0.05, 0.1) is 19.3 Å². The van der Waals surface area contributed by atoms with Crippen molar-refractivity contribution in [1.82, 2.24) is 0 Å². The highest BCUT2D eigenvalue weighted by Gasteiger charge is 2.24. The average Bonchev–Trinajstić information content (AvgIpc) is 2.59. The minimum absolute atomic E-state index is 0.0525. The lowest BCUT2D eigenvalue weighted by molar-refractivity contribution is -0.0859. The number of hydrogen-bond acceptors (Lipinski definition) is 3. The molecular weight excluding hydrogens is 154 g/mol. The van der Waals surface area contributed by atoms with E-state index in [0.29, 0.717) is 25.6 Å². The van der Waals surface area contributed by atoms with Crippen molar-refractivity contribution in [2.24, 2.45) is 5.92 Å². The molecule has 0 aliphatic carbocycles. The van der Waals surface area contributed by atoms with Crippen LogP contribution in [-0.2, 0) is 9.47 Å². The summed E-state index contributed by atoms with van der Waals surface area (Å²) in [5.74, 6) is 0.396. The predicted octanol–water partition coefficient (Wildman–Crippen LogP) is 1.69. The molecule has 0 aromatic carbocycles. The largest absolute Gasteiger partial charge is 0.350 e. The van der Waals surface area contributed by atoms with E-state index in [1.54, 1.807) is 0 Å². The van der Waals surface area contributed by atoms with Crippen molar-refractivity contribution in [2.75, 3.05) is 13.2 Å². The van der Waals surface area contributed by atoms with Gasteiger partial charge in [0.25, 0.3) is 0 Å². The summed E-state index contributed by atoms with van der Waals surface area (Å²) in [4.78, 5) is 0. The van der Waals surface area contributed by atoms with Crippen LogP contribution in [0.25, 0.3) is 0 Å². The van der Waals surface area contributed by atoms with Gasteiger partial charge in [-0.2, -0.15) is 5.26 Å². The summed E-state index contributed by atoms with van der Waals surface area (Å²) in [5, 5.41) is 8.42. The molecule has 1 atom stereocenters. The molecule has 0 spiro atoms. The fourth-order valence-electron chi connectivity index (χ4n) is 1.43. The maximum absolute atomic E-state index is 8.42. The molecule has 1 aliphatic rings. The van der Waals surface area contributed by atoms with Crippen molar-refractivity contribution < 1.29 is 9.47 Å². The second-order valence-electron chi connectivity index (χ2n) is 2.98. The quantitative estimate of drug-likeness (QED) is 0.643. The van der Waals surface area contributed by atoms with E-state index in [2.05, 4.69) is 13.0 Å². The zero-order valence-electron chi connectivity index (χ0n) is 7.45. The first-order chi connectivity index (χ1) is 5.88. The summed E-state index contributed by atoms with van der Waals surface area (Å²) in [7, 11) is 0. The molecule has 1 unspecified atom stereocenters. The second-order valence-corrected chi connectivity index (χ2v) is 2.98. The molecule has 3 heteroatoms. The summed E-state index contributed by atoms with van der Waals surface area (Å²) >= 11 is 0. The molecule has 68 valence electrons. The molecule has 3 nitrogen and oxygen atoms in total. The Morgan fingerprint density at radius 3 is 2.67 bits per heavy atom. The van der Waals surface area contributed by atoms with E-state index >= 15 is 0 Å². The minimum atomic E-state index is -0.0525. The van der Waals surface area contributed by atoms with E-state index < -0.39 is 0 Å². The molecule has 0 radical (unpaired) electrons. The van der Waals surface area contributed by atoms with Crippen molar-refractivity contribution in [2.45, 2.75) is 32.5 Å². The maximum Gasteiger partial charge on any atom is 0.160 e. The SMILES string of the molecule is CCC(CCC#N)C1OCCO1. The third-order valence-electron chi connectivity index (χ3n) is 2.18. The lowest BCUT2D eigenvalue weighted by Crippen LogP contribution is -2.20. The van der Waals surface area contributed by atoms with Crippen molar-refractivity contribution in [3.8, 4) is 6.07 Å². The van der Waals surface area contributed by atoms with Gasteiger partial charge in [-0.25, -0.2) is 0 Å². The van der Waals surface area contributed by atoms with Crippen LogP contribution in [0, 0.1) is 17.2 Å². The number of rotatable bonds is 4. The van der Waals surface area contributed by atoms with Gasteiger partial charge in [-0.05, 0) is 12.8 Å². The Morgan fingerprint density at radius 1 is 1.50 bits per heavy atom. The molecule has 0 bridgehead atoms. The first kappa shape index (κ1) is 9.50. The molecule has 1 heterocycles. The fourth-order valence-corrected chi connectivity index (χ4v) is 1.43. The van der Waals surface area contributed by atoms with Crippen LogP contribution in [-0.4, -0.2) is 19.5 Å². The highest BCUT2D eigenvalue weighted by Crippen LogP contribution is 2.22. The Kier molecular flexibility index (Phi) is 4.06. The van der Waals surface area contributed by atoms with E-state index in [9.17, 15) is 0 Å². The number of nitrogens with zero attached hydrogens (tertiary/aromatic N) is 1. The number of nitriles is 1. The minimum Gasteiger partial charge on any atom is -0.350 e. The van der Waals surface area contributed by atoms with E-state index in [1.807, 2.05) is 0 Å². The van der Waals surface area contributed by atoms with Gasteiger partial charge in [-0.1, -0.05) is 6.92 Å². The van der Waals surface area contributed by atoms with Crippen molar-refractivity contribution in [3.05, 3.63) is 0 Å². The van der Waals surface area contributed by atoms with Gasteiger partial charge in [0.1, 0.15) is 0 Å². The van der Waals surface area contributed by atoms with Gasteiger partial charge < -0.3 is 9.47 Å². The van der Waals surface area contributed by atoms with Crippen molar-refractivity contribution in [1.29, 1.82) is 5.26 Å². The highest BCUT2D eigenvalue weighted by molar-refractivity contribution is 4.74. The van der Waals surface area contributed by atoms with Crippen molar-refractivity contribution >= 4 is 0 Å². The summed E-state index contributed by atoms with van der Waals surface area (Å²) in [5.41, 5.74) is 0. The molecule has 0 aromatic heterocycles. The summed E-state index contributed by atoms with van der Waals surface area (Å²) in [6.07, 6.45) is 2.45. The zero-order valence-corrected chi connectivity index (χ0v) is 7.45. The Labute approximate surface area is 73.3 Å². The van der Waals surface area contributed by atoms with Crippen LogP contribution < -0.4 is 0 Å². The Morgan fingerprint density at radius 2 is 2.17 bits per heavy atom. The number of ether oxygens (including phenoxy) is 2. The van der Waals surface area contributed by atoms with Crippen LogP contribution in [0.15, 0.2) is 0 Å². The summed E-state index contributed by atoms with van der Waals surface area (Å²) in [6.45, 7) is 3.51. The standard InChI is InChI=1S/C9H15NO2/c1-2-8(4-3-5-10)9-11-6-7-12-9/h8-9H,2-4,6-7H2,1H3. The normalized spacial score (nSPS) is 20.7. The molecule has 0 N–H and O–H groups in total. The Hall–Kier alpha value is -0.590. The first-order valence-electron chi connectivity index (χ1n) is 4.48. The third-order valence-corrected chi connectivity index (χ3v) is 2.18. The first-order valence-corrected chi connectivity index (χ1v) is 4.48. The van der Waals surface area contributed by atoms with Gasteiger partial charge in [0, 0.05) is 12.3 Å². The second kappa shape index (κ2) is 5.13. The molecule has 0 saturated carbocycles. The summed E-state index contributed by atoms with van der Waals surface area (Å²) < 4.78 is 10.7. The monoisotopic (exact) mass is 169 g/mol. The van der Waals surface area contributed by atoms with Crippen LogP contribution in [0.5, 0.6) is 0 Å². The van der Waals surface area contributed by atoms with Gasteiger partial charge in [0.2, 0.25) is 0 Å². The average molecular weight is 169 g/mol. The molecule has 0 aromatic rings. The Balaban J connectivity index is 2.28. The molecule has 1 fully saturated rings. The Bertz CT molecular complexity index is 158. The maximum atomic E-state index is 8.42. The highest BCUT2D eigenvalue weighted by atomic mass is 16.7. The van der Waals surface area contributed by atoms with Crippen LogP contribution in [0.1, 0.15) is 26.2 Å². The van der Waals surface area contributed by atoms with E-state index in [-0.39, 0.29) is 6.29 Å². The lowest BCUT2D eigenvalue weighted by Gasteiger charge is -2.18. The summed E-state index contributed by atoms with van der Waals surface area (Å²) in [6, 6.07) is 2.14. The van der Waals surface area contributed by atoms with Gasteiger partial charge in [-0.3, -0.25) is 0 Å². The van der Waals surface area contributed by atoms with E-state index in [4.69, 9.17) is 14.7 Å². The number of hydrogen-bond donors (Lipinski definition) is 0. The molecule has 1 rings (SSSR count). The molecule has 12 heavy (non-hydrogen) atoms. The van der Waals surface area contributed by atoms with Gasteiger partial charge >= 0.3 is 0 Å². The van der Waals surface area contributed by atoms with Gasteiger partial charge in [-0.15, -0.1) is 0 Å². The van der Waals surface area contributed by atoms with E-state index in [1.165, 1.54) is 0 Å². The van der Waals surface area contributed by atoms with Gasteiger partial charge in [0.15, 0.2) is 6.29 Å². The van der Waals surface area contributed by atoms with Crippen LogP contribution in [0.3, 0.4) is 0 Å². The smallest absolute Gasteiger partial charge is 0.160 e. The third kappa shape index (κ3) is 2.47.